The van der Waals surface area contributed by atoms with Crippen LogP contribution in [0.5, 0.6) is 0 Å². The first-order valence-electron chi connectivity index (χ1n) is 10.2. The Bertz CT molecular complexity index is 1400. The topological polar surface area (TPSA) is 136 Å². The highest BCUT2D eigenvalue weighted by Crippen LogP contribution is 2.19. The second-order valence-corrected chi connectivity index (χ2v) is 7.32. The average Bonchev–Trinajstić information content (AvgIpc) is 3.41. The van der Waals surface area contributed by atoms with Gasteiger partial charge in [-0.3, -0.25) is 19.7 Å². The van der Waals surface area contributed by atoms with Gasteiger partial charge in [0.1, 0.15) is 18.1 Å². The zero-order chi connectivity index (χ0) is 24.9. The van der Waals surface area contributed by atoms with E-state index in [9.17, 15) is 23.6 Å². The van der Waals surface area contributed by atoms with Crippen LogP contribution < -0.4 is 16.0 Å². The van der Waals surface area contributed by atoms with Crippen LogP contribution in [0.4, 0.5) is 14.9 Å². The largest absolute Gasteiger partial charge is 0.329 e. The first-order chi connectivity index (χ1) is 16.9. The van der Waals surface area contributed by atoms with E-state index in [1.54, 1.807) is 41.2 Å². The molecule has 3 N–H and O–H groups in total. The number of urea groups is 1. The van der Waals surface area contributed by atoms with Crippen LogP contribution in [0.3, 0.4) is 0 Å². The lowest BCUT2D eigenvalue weighted by Gasteiger charge is -2.12. The van der Waals surface area contributed by atoms with E-state index >= 15 is 0 Å². The van der Waals surface area contributed by atoms with Crippen LogP contribution in [0.25, 0.3) is 11.8 Å². The van der Waals surface area contributed by atoms with Crippen molar-refractivity contribution in [2.45, 2.75) is 0 Å². The normalized spacial score (nSPS) is 13.9. The number of halogens is 1. The van der Waals surface area contributed by atoms with Crippen molar-refractivity contribution in [1.82, 2.24) is 20.1 Å². The molecule has 1 aliphatic heterocycles. The smallest absolute Gasteiger partial charge is 0.322 e. The third kappa shape index (κ3) is 4.91. The summed E-state index contributed by atoms with van der Waals surface area (Å²) >= 11 is 0. The van der Waals surface area contributed by atoms with Gasteiger partial charge in [0.15, 0.2) is 6.19 Å². The molecule has 0 saturated carbocycles. The Hall–Kier alpha value is -5.24. The van der Waals surface area contributed by atoms with Gasteiger partial charge >= 0.3 is 6.03 Å². The number of hydrogen-bond donors (Lipinski definition) is 3. The van der Waals surface area contributed by atoms with Crippen LogP contribution in [0, 0.1) is 17.3 Å². The molecule has 0 bridgehead atoms. The minimum Gasteiger partial charge on any atom is -0.322 e. The molecular weight excluding hydrogens is 455 g/mol. The monoisotopic (exact) mass is 472 g/mol. The summed E-state index contributed by atoms with van der Waals surface area (Å²) in [7, 11) is 0. The molecule has 4 rings (SSSR count). The Kier molecular flexibility index (Phi) is 6.37. The van der Waals surface area contributed by atoms with Gasteiger partial charge in [0, 0.05) is 23.1 Å². The van der Waals surface area contributed by atoms with Gasteiger partial charge in [0.05, 0.1) is 5.69 Å². The van der Waals surface area contributed by atoms with Crippen molar-refractivity contribution in [3.63, 3.8) is 0 Å². The number of nitrogens with one attached hydrogen (secondary N) is 3. The summed E-state index contributed by atoms with van der Waals surface area (Å²) in [4.78, 5) is 49.8. The van der Waals surface area contributed by atoms with Gasteiger partial charge in [0.25, 0.3) is 11.8 Å². The van der Waals surface area contributed by atoms with Crippen molar-refractivity contribution in [2.24, 2.45) is 0 Å². The van der Waals surface area contributed by atoms with Gasteiger partial charge in [-0.05, 0) is 54.6 Å². The zero-order valence-electron chi connectivity index (χ0n) is 18.0. The van der Waals surface area contributed by atoms with Crippen molar-refractivity contribution in [1.29, 1.82) is 5.26 Å². The molecule has 2 heterocycles. The molecule has 11 heteroatoms. The van der Waals surface area contributed by atoms with E-state index in [0.717, 1.165) is 4.90 Å². The molecule has 5 amide bonds. The number of nitriles is 1. The lowest BCUT2D eigenvalue weighted by molar-refractivity contribution is -0.127. The maximum absolute atomic E-state index is 13.7. The average molecular weight is 472 g/mol. The first-order valence-corrected chi connectivity index (χ1v) is 10.2. The van der Waals surface area contributed by atoms with E-state index in [2.05, 4.69) is 10.6 Å². The summed E-state index contributed by atoms with van der Waals surface area (Å²) in [5.41, 5.74) is 1.40. The molecular formula is C24H17FN6O4. The fourth-order valence-electron chi connectivity index (χ4n) is 3.40. The fraction of sp³-hybridized carbons (Fsp3) is 0.0417. The Labute approximate surface area is 198 Å². The lowest BCUT2D eigenvalue weighted by Crippen LogP contribution is -2.38. The molecule has 1 fully saturated rings. The number of para-hydroxylation sites is 1. The zero-order valence-corrected chi connectivity index (χ0v) is 18.0. The lowest BCUT2D eigenvalue weighted by atomic mass is 10.2. The van der Waals surface area contributed by atoms with Crippen molar-refractivity contribution in [2.75, 3.05) is 11.9 Å². The molecule has 2 aromatic carbocycles. The van der Waals surface area contributed by atoms with Crippen molar-refractivity contribution < 1.29 is 23.6 Å². The third-order valence-electron chi connectivity index (χ3n) is 5.06. The van der Waals surface area contributed by atoms with Gasteiger partial charge in [-0.25, -0.2) is 14.1 Å². The minimum atomic E-state index is -0.782. The van der Waals surface area contributed by atoms with E-state index < -0.39 is 36.1 Å². The highest BCUT2D eigenvalue weighted by molar-refractivity contribution is 6.15. The van der Waals surface area contributed by atoms with Crippen LogP contribution >= 0.6 is 0 Å². The molecule has 0 atom stereocenters. The maximum Gasteiger partial charge on any atom is 0.329 e. The summed E-state index contributed by atoms with van der Waals surface area (Å²) in [6.45, 7) is -0.594. The summed E-state index contributed by atoms with van der Waals surface area (Å²) in [6, 6.07) is 14.6. The number of nitrogens with zero attached hydrogens (tertiary/aromatic N) is 3. The third-order valence-corrected chi connectivity index (χ3v) is 5.06. The van der Waals surface area contributed by atoms with E-state index in [4.69, 9.17) is 5.26 Å². The predicted molar refractivity (Wildman–Crippen MR) is 122 cm³/mol. The summed E-state index contributed by atoms with van der Waals surface area (Å²) < 4.78 is 15.5. The molecule has 3 aromatic rings. The first kappa shape index (κ1) is 22.9. The molecule has 1 aromatic heterocycles. The van der Waals surface area contributed by atoms with E-state index in [1.807, 2.05) is 5.32 Å². The van der Waals surface area contributed by atoms with Gasteiger partial charge in [-0.1, -0.05) is 12.1 Å². The Morgan fingerprint density at radius 2 is 1.80 bits per heavy atom. The van der Waals surface area contributed by atoms with Crippen LogP contribution in [0.2, 0.25) is 0 Å². The molecule has 10 nitrogen and oxygen atoms in total. The number of carbonyl (C=O) groups excluding carboxylic acids is 4. The number of imide groups is 1. The second-order valence-electron chi connectivity index (χ2n) is 7.32. The van der Waals surface area contributed by atoms with Crippen molar-refractivity contribution in [3.05, 3.63) is 89.6 Å². The standard InChI is InChI=1S/C24H17FN6O4/c25-18-5-1-2-6-19(18)28-21(32)13-31-23(34)20(29-24(31)35)12-17-4-3-11-30(17)16-9-7-15(8-10-16)22(33)27-14-26/h1-12H,13H2,(H,27,33)(H,28,32)(H,29,35)/b20-12-. The molecule has 1 aliphatic rings. The number of rotatable bonds is 6. The van der Waals surface area contributed by atoms with E-state index in [0.29, 0.717) is 16.9 Å². The maximum atomic E-state index is 13.7. The van der Waals surface area contributed by atoms with E-state index in [-0.39, 0.29) is 11.4 Å². The van der Waals surface area contributed by atoms with Crippen molar-refractivity contribution >= 4 is 35.5 Å². The van der Waals surface area contributed by atoms with Gasteiger partial charge in [-0.2, -0.15) is 5.26 Å². The van der Waals surface area contributed by atoms with Crippen molar-refractivity contribution in [3.8, 4) is 11.9 Å². The Balaban J connectivity index is 1.49. The molecule has 0 aliphatic carbocycles. The number of amides is 5. The van der Waals surface area contributed by atoms with Gasteiger partial charge < -0.3 is 15.2 Å². The van der Waals surface area contributed by atoms with Crippen LogP contribution in [0.1, 0.15) is 16.1 Å². The quantitative estimate of drug-likeness (QED) is 0.219. The number of hydrogen-bond acceptors (Lipinski definition) is 5. The number of anilines is 1. The number of carbonyl (C=O) groups is 4. The van der Waals surface area contributed by atoms with Crippen LogP contribution in [0.15, 0.2) is 72.6 Å². The van der Waals surface area contributed by atoms with Gasteiger partial charge in [0.2, 0.25) is 5.91 Å². The summed E-state index contributed by atoms with van der Waals surface area (Å²) in [6.07, 6.45) is 4.74. The summed E-state index contributed by atoms with van der Waals surface area (Å²) in [5, 5.41) is 15.4. The molecule has 0 unspecified atom stereocenters. The minimum absolute atomic E-state index is 0.0429. The number of benzene rings is 2. The molecule has 0 spiro atoms. The number of aromatic nitrogens is 1. The highest BCUT2D eigenvalue weighted by Gasteiger charge is 2.35. The Morgan fingerprint density at radius 1 is 1.06 bits per heavy atom. The molecule has 174 valence electrons. The fourth-order valence-corrected chi connectivity index (χ4v) is 3.40. The highest BCUT2D eigenvalue weighted by atomic mass is 19.1. The SMILES string of the molecule is N#CNC(=O)c1ccc(-n2cccc2/C=C2\NC(=O)N(CC(=O)Nc3ccccc3F)C2=O)cc1. The molecule has 35 heavy (non-hydrogen) atoms. The second kappa shape index (κ2) is 9.72. The van der Waals surface area contributed by atoms with E-state index in [1.165, 1.54) is 42.5 Å². The van der Waals surface area contributed by atoms with Crippen LogP contribution in [-0.2, 0) is 9.59 Å². The van der Waals surface area contributed by atoms with Gasteiger partial charge in [-0.15, -0.1) is 0 Å². The summed E-state index contributed by atoms with van der Waals surface area (Å²) in [5.74, 6) is -2.62. The molecule has 1 saturated heterocycles. The van der Waals surface area contributed by atoms with Crippen LogP contribution in [-0.4, -0.2) is 39.8 Å². The molecule has 0 radical (unpaired) electrons. The predicted octanol–water partition coefficient (Wildman–Crippen LogP) is 2.36. The Morgan fingerprint density at radius 3 is 2.51 bits per heavy atom.